The monoisotopic (exact) mass is 297 g/mol. The first-order valence-corrected chi connectivity index (χ1v) is 6.83. The van der Waals surface area contributed by atoms with E-state index in [9.17, 15) is 5.11 Å². The van der Waals surface area contributed by atoms with Gasteiger partial charge in [-0.3, -0.25) is 0 Å². The zero-order valence-corrected chi connectivity index (χ0v) is 12.1. The van der Waals surface area contributed by atoms with E-state index in [-0.39, 0.29) is 17.7 Å². The maximum atomic E-state index is 9.25. The molecule has 2 aromatic carbocycles. The average Bonchev–Trinajstić information content (AvgIpc) is 2.47. The van der Waals surface area contributed by atoms with Gasteiger partial charge in [0.15, 0.2) is 5.96 Å². The fourth-order valence-electron chi connectivity index (χ4n) is 1.98. The summed E-state index contributed by atoms with van der Waals surface area (Å²) in [7, 11) is 0. The Morgan fingerprint density at radius 3 is 1.82 bits per heavy atom. The van der Waals surface area contributed by atoms with Crippen LogP contribution in [0.2, 0.25) is 0 Å². The van der Waals surface area contributed by atoms with Crippen molar-refractivity contribution < 1.29 is 5.11 Å². The quantitative estimate of drug-likeness (QED) is 0.503. The number of aryl methyl sites for hydroxylation is 2. The molecule has 0 aliphatic rings. The van der Waals surface area contributed by atoms with E-state index in [1.807, 2.05) is 36.4 Å². The summed E-state index contributed by atoms with van der Waals surface area (Å²) in [6, 6.07) is 14.9. The molecule has 22 heavy (non-hydrogen) atoms. The second kappa shape index (κ2) is 7.12. The largest absolute Gasteiger partial charge is 0.508 e. The number of benzene rings is 2. The van der Waals surface area contributed by atoms with Crippen molar-refractivity contribution in [3.63, 3.8) is 0 Å². The van der Waals surface area contributed by atoms with E-state index in [0.717, 1.165) is 12.8 Å². The highest BCUT2D eigenvalue weighted by Gasteiger charge is 1.98. The van der Waals surface area contributed by atoms with Crippen LogP contribution in [0.25, 0.3) is 0 Å². The number of nitrogens with two attached hydrogens (primary N) is 3. The maximum absolute atomic E-state index is 9.25. The van der Waals surface area contributed by atoms with E-state index in [1.165, 1.54) is 11.1 Å². The maximum Gasteiger partial charge on any atom is 0.223 e. The van der Waals surface area contributed by atoms with Crippen molar-refractivity contribution in [1.29, 1.82) is 0 Å². The number of phenols is 1. The highest BCUT2D eigenvalue weighted by atomic mass is 16.3. The Morgan fingerprint density at radius 2 is 1.32 bits per heavy atom. The summed E-state index contributed by atoms with van der Waals surface area (Å²) in [6.45, 7) is 0. The Labute approximate surface area is 129 Å². The highest BCUT2D eigenvalue weighted by molar-refractivity contribution is 5.93. The van der Waals surface area contributed by atoms with Crippen LogP contribution in [0, 0.1) is 0 Å². The summed E-state index contributed by atoms with van der Waals surface area (Å²) in [5.41, 5.74) is 19.1. The smallest absolute Gasteiger partial charge is 0.223 e. The van der Waals surface area contributed by atoms with Crippen LogP contribution in [0.4, 0.5) is 5.69 Å². The predicted molar refractivity (Wildman–Crippen MR) is 89.0 cm³/mol. The molecule has 114 valence electrons. The minimum absolute atomic E-state index is 0.0249. The molecule has 2 aromatic rings. The van der Waals surface area contributed by atoms with Crippen molar-refractivity contribution in [2.75, 3.05) is 0 Å². The van der Waals surface area contributed by atoms with Gasteiger partial charge in [0.1, 0.15) is 5.75 Å². The van der Waals surface area contributed by atoms with Gasteiger partial charge in [0.25, 0.3) is 0 Å². The number of hydrogen-bond acceptors (Lipinski definition) is 2. The van der Waals surface area contributed by atoms with Crippen LogP contribution >= 0.6 is 0 Å². The summed E-state index contributed by atoms with van der Waals surface area (Å²) in [5, 5.41) is 9.25. The van der Waals surface area contributed by atoms with Crippen molar-refractivity contribution >= 4 is 17.6 Å². The standard InChI is InChI=1S/C16H19N5O/c17-15(18)21-16(19)20-13-7-3-11(4-8-13)1-2-12-5-9-14(22)10-6-12/h3-10,22H,1-2H2,(H6,17,18,19,20,21). The number of rotatable bonds is 4. The molecule has 7 N–H and O–H groups in total. The van der Waals surface area contributed by atoms with Gasteiger partial charge in [-0.2, -0.15) is 4.99 Å². The van der Waals surface area contributed by atoms with Crippen molar-refractivity contribution in [2.24, 2.45) is 27.2 Å². The summed E-state index contributed by atoms with van der Waals surface area (Å²) in [5.74, 6) is 0.188. The van der Waals surface area contributed by atoms with E-state index in [2.05, 4.69) is 9.98 Å². The molecule has 0 aliphatic heterocycles. The van der Waals surface area contributed by atoms with Crippen LogP contribution in [-0.4, -0.2) is 17.0 Å². The van der Waals surface area contributed by atoms with Gasteiger partial charge in [-0.25, -0.2) is 4.99 Å². The lowest BCUT2D eigenvalue weighted by atomic mass is 10.0. The van der Waals surface area contributed by atoms with E-state index in [0.29, 0.717) is 5.69 Å². The van der Waals surface area contributed by atoms with Crippen LogP contribution in [0.1, 0.15) is 11.1 Å². The zero-order valence-electron chi connectivity index (χ0n) is 12.1. The number of nitrogens with zero attached hydrogens (tertiary/aromatic N) is 2. The molecular formula is C16H19N5O. The van der Waals surface area contributed by atoms with Crippen molar-refractivity contribution in [2.45, 2.75) is 12.8 Å². The number of aliphatic imine (C=N–C) groups is 2. The average molecular weight is 297 g/mol. The van der Waals surface area contributed by atoms with Gasteiger partial charge in [0.2, 0.25) is 5.96 Å². The molecule has 0 aromatic heterocycles. The molecule has 0 fully saturated rings. The first kappa shape index (κ1) is 15.4. The van der Waals surface area contributed by atoms with E-state index in [4.69, 9.17) is 17.2 Å². The molecule has 0 atom stereocenters. The summed E-state index contributed by atoms with van der Waals surface area (Å²) >= 11 is 0. The Balaban J connectivity index is 1.97. The molecule has 0 bridgehead atoms. The molecule has 0 amide bonds. The molecule has 0 heterocycles. The minimum atomic E-state index is -0.119. The third-order valence-electron chi connectivity index (χ3n) is 3.06. The molecule has 0 saturated heterocycles. The molecule has 6 nitrogen and oxygen atoms in total. The molecule has 0 unspecified atom stereocenters. The van der Waals surface area contributed by atoms with E-state index in [1.54, 1.807) is 12.1 Å². The SMILES string of the molecule is NC(N)=NC(N)=Nc1ccc(CCc2ccc(O)cc2)cc1. The Bertz CT molecular complexity index is 671. The second-order valence-corrected chi connectivity index (χ2v) is 4.84. The number of guanidine groups is 2. The molecule has 0 aliphatic carbocycles. The fraction of sp³-hybridized carbons (Fsp3) is 0.125. The van der Waals surface area contributed by atoms with Crippen LogP contribution in [0.5, 0.6) is 5.75 Å². The summed E-state index contributed by atoms with van der Waals surface area (Å²) in [4.78, 5) is 7.75. The van der Waals surface area contributed by atoms with E-state index < -0.39 is 0 Å². The van der Waals surface area contributed by atoms with Crippen molar-refractivity contribution in [3.8, 4) is 5.75 Å². The third-order valence-corrected chi connectivity index (χ3v) is 3.06. The molecule has 0 spiro atoms. The first-order valence-electron chi connectivity index (χ1n) is 6.83. The number of hydrogen-bond donors (Lipinski definition) is 4. The summed E-state index contributed by atoms with van der Waals surface area (Å²) in [6.07, 6.45) is 1.80. The summed E-state index contributed by atoms with van der Waals surface area (Å²) < 4.78 is 0. The zero-order chi connectivity index (χ0) is 15.9. The first-order chi connectivity index (χ1) is 10.5. The second-order valence-electron chi connectivity index (χ2n) is 4.84. The van der Waals surface area contributed by atoms with Gasteiger partial charge in [0.05, 0.1) is 5.69 Å². The van der Waals surface area contributed by atoms with Crippen molar-refractivity contribution in [1.82, 2.24) is 0 Å². The van der Waals surface area contributed by atoms with Gasteiger partial charge >= 0.3 is 0 Å². The Kier molecular flexibility index (Phi) is 4.98. The molecule has 0 saturated carbocycles. The van der Waals surface area contributed by atoms with Crippen LogP contribution < -0.4 is 17.2 Å². The number of phenolic OH excluding ortho intramolecular Hbond substituents is 1. The number of aromatic hydroxyl groups is 1. The fourth-order valence-corrected chi connectivity index (χ4v) is 1.98. The van der Waals surface area contributed by atoms with Crippen LogP contribution in [-0.2, 0) is 12.8 Å². The lowest BCUT2D eigenvalue weighted by molar-refractivity contribution is 0.475. The third kappa shape index (κ3) is 4.82. The van der Waals surface area contributed by atoms with Gasteiger partial charge in [-0.1, -0.05) is 24.3 Å². The Hall–Kier alpha value is -3.02. The predicted octanol–water partition coefficient (Wildman–Crippen LogP) is 1.40. The molecular weight excluding hydrogens is 278 g/mol. The van der Waals surface area contributed by atoms with Gasteiger partial charge < -0.3 is 22.3 Å². The minimum Gasteiger partial charge on any atom is -0.508 e. The molecule has 6 heteroatoms. The van der Waals surface area contributed by atoms with Crippen molar-refractivity contribution in [3.05, 3.63) is 59.7 Å². The van der Waals surface area contributed by atoms with Gasteiger partial charge in [-0.05, 0) is 48.2 Å². The van der Waals surface area contributed by atoms with Gasteiger partial charge in [-0.15, -0.1) is 0 Å². The highest BCUT2D eigenvalue weighted by Crippen LogP contribution is 2.16. The molecule has 2 rings (SSSR count). The topological polar surface area (TPSA) is 123 Å². The lowest BCUT2D eigenvalue weighted by Crippen LogP contribution is -2.26. The van der Waals surface area contributed by atoms with Crippen LogP contribution in [0.15, 0.2) is 58.5 Å². The lowest BCUT2D eigenvalue weighted by Gasteiger charge is -2.03. The Morgan fingerprint density at radius 1 is 0.818 bits per heavy atom. The van der Waals surface area contributed by atoms with Gasteiger partial charge in [0, 0.05) is 0 Å². The normalized spacial score (nSPS) is 11.2. The van der Waals surface area contributed by atoms with Crippen LogP contribution in [0.3, 0.4) is 0 Å². The van der Waals surface area contributed by atoms with E-state index >= 15 is 0 Å². The molecule has 0 radical (unpaired) electrons.